The van der Waals surface area contributed by atoms with Gasteiger partial charge in [0.05, 0.1) is 0 Å². The molecule has 1 unspecified atom stereocenters. The summed E-state index contributed by atoms with van der Waals surface area (Å²) in [4.78, 5) is 0. The molecule has 1 aromatic rings. The minimum absolute atomic E-state index is 0.545. The second-order valence-corrected chi connectivity index (χ2v) is 3.45. The number of terminal acetylenes is 1. The highest BCUT2D eigenvalue weighted by Gasteiger charge is 2.00. The van der Waals surface area contributed by atoms with Crippen molar-refractivity contribution in [3.63, 3.8) is 0 Å². The Morgan fingerprint density at radius 3 is 2.36 bits per heavy atom. The molecule has 1 heteroatoms. The van der Waals surface area contributed by atoms with Gasteiger partial charge in [-0.15, -0.1) is 6.42 Å². The maximum atomic E-state index is 9.25. The molecule has 1 aromatic carbocycles. The molecule has 0 bridgehead atoms. The Bertz CT molecular complexity index is 305. The summed E-state index contributed by atoms with van der Waals surface area (Å²) in [5, 5.41) is 9.25. The van der Waals surface area contributed by atoms with Crippen LogP contribution in [-0.2, 0) is 12.8 Å². The zero-order chi connectivity index (χ0) is 10.4. The lowest BCUT2D eigenvalue weighted by molar-refractivity contribution is 0.233. The second kappa shape index (κ2) is 5.47. The molecule has 0 aliphatic rings. The third kappa shape index (κ3) is 3.24. The molecule has 14 heavy (non-hydrogen) atoms. The molecule has 0 aliphatic heterocycles. The smallest absolute Gasteiger partial charge is 0.118 e. The molecule has 0 fully saturated rings. The molecule has 0 heterocycles. The maximum Gasteiger partial charge on any atom is 0.118 e. The Morgan fingerprint density at radius 2 is 1.86 bits per heavy atom. The fourth-order valence-corrected chi connectivity index (χ4v) is 1.41. The van der Waals surface area contributed by atoms with E-state index in [0.29, 0.717) is 6.42 Å². The van der Waals surface area contributed by atoms with Crippen molar-refractivity contribution in [3.8, 4) is 12.3 Å². The number of hydrogen-bond acceptors (Lipinski definition) is 1. The summed E-state index contributed by atoms with van der Waals surface area (Å²) < 4.78 is 0. The Kier molecular flexibility index (Phi) is 4.22. The molecule has 0 saturated carbocycles. The molecular weight excluding hydrogens is 172 g/mol. The highest BCUT2D eigenvalue weighted by molar-refractivity contribution is 5.24. The quantitative estimate of drug-likeness (QED) is 0.718. The number of benzene rings is 1. The van der Waals surface area contributed by atoms with Crippen LogP contribution in [0.1, 0.15) is 24.5 Å². The van der Waals surface area contributed by atoms with Crippen molar-refractivity contribution >= 4 is 0 Å². The summed E-state index contributed by atoms with van der Waals surface area (Å²) >= 11 is 0. The SMILES string of the molecule is C#CC(O)Cc1ccc(CCC)cc1. The van der Waals surface area contributed by atoms with Gasteiger partial charge < -0.3 is 5.11 Å². The van der Waals surface area contributed by atoms with Crippen molar-refractivity contribution in [1.29, 1.82) is 0 Å². The van der Waals surface area contributed by atoms with E-state index < -0.39 is 6.10 Å². The first-order valence-electron chi connectivity index (χ1n) is 4.98. The van der Waals surface area contributed by atoms with Gasteiger partial charge >= 0.3 is 0 Å². The van der Waals surface area contributed by atoms with Crippen molar-refractivity contribution < 1.29 is 5.11 Å². The predicted octanol–water partition coefficient (Wildman–Crippen LogP) is 2.18. The zero-order valence-corrected chi connectivity index (χ0v) is 8.53. The molecule has 1 nitrogen and oxygen atoms in total. The molecule has 1 N–H and O–H groups in total. The van der Waals surface area contributed by atoms with Crippen molar-refractivity contribution in [1.82, 2.24) is 0 Å². The van der Waals surface area contributed by atoms with Gasteiger partial charge in [0.2, 0.25) is 0 Å². The van der Waals surface area contributed by atoms with Crippen molar-refractivity contribution in [3.05, 3.63) is 35.4 Å². The average Bonchev–Trinajstić information content (AvgIpc) is 2.21. The standard InChI is InChI=1S/C13H16O/c1-3-5-11-6-8-12(9-7-11)10-13(14)4-2/h2,6-9,13-14H,3,5,10H2,1H3. The largest absolute Gasteiger partial charge is 0.380 e. The fourth-order valence-electron chi connectivity index (χ4n) is 1.41. The number of aliphatic hydroxyl groups excluding tert-OH is 1. The van der Waals surface area contributed by atoms with Crippen LogP contribution in [0, 0.1) is 12.3 Å². The maximum absolute atomic E-state index is 9.25. The second-order valence-electron chi connectivity index (χ2n) is 3.45. The third-order valence-corrected chi connectivity index (χ3v) is 2.18. The number of aryl methyl sites for hydroxylation is 1. The van der Waals surface area contributed by atoms with E-state index in [-0.39, 0.29) is 0 Å². The van der Waals surface area contributed by atoms with E-state index >= 15 is 0 Å². The van der Waals surface area contributed by atoms with E-state index in [1.54, 1.807) is 0 Å². The van der Waals surface area contributed by atoms with Crippen molar-refractivity contribution in [2.24, 2.45) is 0 Å². The number of rotatable bonds is 4. The van der Waals surface area contributed by atoms with Gasteiger partial charge in [-0.2, -0.15) is 0 Å². The van der Waals surface area contributed by atoms with Gasteiger partial charge in [0, 0.05) is 6.42 Å². The monoisotopic (exact) mass is 188 g/mol. The first kappa shape index (κ1) is 10.8. The van der Waals surface area contributed by atoms with Crippen molar-refractivity contribution in [2.45, 2.75) is 32.3 Å². The minimum atomic E-state index is -0.660. The summed E-state index contributed by atoms with van der Waals surface area (Å²) in [5.74, 6) is 2.31. The van der Waals surface area contributed by atoms with Crippen LogP contribution >= 0.6 is 0 Å². The molecule has 0 saturated heterocycles. The molecule has 0 amide bonds. The van der Waals surface area contributed by atoms with E-state index in [4.69, 9.17) is 6.42 Å². The summed E-state index contributed by atoms with van der Waals surface area (Å²) in [6, 6.07) is 8.27. The van der Waals surface area contributed by atoms with Gasteiger partial charge in [-0.25, -0.2) is 0 Å². The van der Waals surface area contributed by atoms with E-state index in [1.165, 1.54) is 5.56 Å². The number of hydrogen-bond donors (Lipinski definition) is 1. The predicted molar refractivity (Wildman–Crippen MR) is 59.0 cm³/mol. The first-order valence-corrected chi connectivity index (χ1v) is 4.98. The van der Waals surface area contributed by atoms with Gasteiger partial charge in [0.1, 0.15) is 6.10 Å². The van der Waals surface area contributed by atoms with Crippen LogP contribution in [0.15, 0.2) is 24.3 Å². The molecule has 1 atom stereocenters. The molecule has 1 rings (SSSR count). The highest BCUT2D eigenvalue weighted by Crippen LogP contribution is 2.08. The molecule has 0 radical (unpaired) electrons. The lowest BCUT2D eigenvalue weighted by Crippen LogP contribution is -2.06. The van der Waals surface area contributed by atoms with Gasteiger partial charge in [-0.05, 0) is 17.5 Å². The van der Waals surface area contributed by atoms with Crippen LogP contribution in [0.3, 0.4) is 0 Å². The van der Waals surface area contributed by atoms with Crippen LogP contribution in [-0.4, -0.2) is 11.2 Å². The summed E-state index contributed by atoms with van der Waals surface area (Å²) in [7, 11) is 0. The Morgan fingerprint density at radius 1 is 1.29 bits per heavy atom. The Balaban J connectivity index is 2.60. The zero-order valence-electron chi connectivity index (χ0n) is 8.53. The Hall–Kier alpha value is -1.26. The normalized spacial score (nSPS) is 12.1. The average molecular weight is 188 g/mol. The summed E-state index contributed by atoms with van der Waals surface area (Å²) in [6.45, 7) is 2.16. The van der Waals surface area contributed by atoms with Crippen LogP contribution in [0.2, 0.25) is 0 Å². The summed E-state index contributed by atoms with van der Waals surface area (Å²) in [6.07, 6.45) is 7.25. The first-order chi connectivity index (χ1) is 6.76. The number of aliphatic hydroxyl groups is 1. The molecule has 0 aromatic heterocycles. The minimum Gasteiger partial charge on any atom is -0.380 e. The molecule has 0 aliphatic carbocycles. The summed E-state index contributed by atoms with van der Waals surface area (Å²) in [5.41, 5.74) is 2.43. The van der Waals surface area contributed by atoms with Gasteiger partial charge in [0.25, 0.3) is 0 Å². The third-order valence-electron chi connectivity index (χ3n) is 2.18. The fraction of sp³-hybridized carbons (Fsp3) is 0.385. The van der Waals surface area contributed by atoms with Gasteiger partial charge in [-0.1, -0.05) is 43.5 Å². The topological polar surface area (TPSA) is 20.2 Å². The van der Waals surface area contributed by atoms with Crippen LogP contribution in [0.5, 0.6) is 0 Å². The molecule has 74 valence electrons. The molecule has 0 spiro atoms. The van der Waals surface area contributed by atoms with Crippen LogP contribution in [0.25, 0.3) is 0 Å². The lowest BCUT2D eigenvalue weighted by atomic mass is 10.0. The Labute approximate surface area is 85.8 Å². The molecular formula is C13H16O. The van der Waals surface area contributed by atoms with Gasteiger partial charge in [-0.3, -0.25) is 0 Å². The van der Waals surface area contributed by atoms with E-state index in [2.05, 4.69) is 25.0 Å². The van der Waals surface area contributed by atoms with E-state index in [9.17, 15) is 5.11 Å². The highest BCUT2D eigenvalue weighted by atomic mass is 16.3. The van der Waals surface area contributed by atoms with Crippen LogP contribution in [0.4, 0.5) is 0 Å². The van der Waals surface area contributed by atoms with Crippen molar-refractivity contribution in [2.75, 3.05) is 0 Å². The lowest BCUT2D eigenvalue weighted by Gasteiger charge is -2.04. The van der Waals surface area contributed by atoms with Gasteiger partial charge in [0.15, 0.2) is 0 Å². The van der Waals surface area contributed by atoms with E-state index in [0.717, 1.165) is 18.4 Å². The van der Waals surface area contributed by atoms with Crippen LogP contribution < -0.4 is 0 Å². The van der Waals surface area contributed by atoms with E-state index in [1.807, 2.05) is 12.1 Å².